The second-order valence-electron chi connectivity index (χ2n) is 6.75. The van der Waals surface area contributed by atoms with E-state index < -0.39 is 0 Å². The minimum Gasteiger partial charge on any atom is -0.396 e. The standard InChI is InChI=1S/C20H24N4OS/c21-19-18-15-9-4-5-10-16(15)26-20(18)23-17(22-19)13-24(11-6-12-25)14-7-2-1-3-8-14/h1-3,7-8,25H,4-6,9-13H2,(H2,21,22,23). The lowest BCUT2D eigenvalue weighted by atomic mass is 9.97. The van der Waals surface area contributed by atoms with Crippen molar-refractivity contribution in [2.75, 3.05) is 23.8 Å². The van der Waals surface area contributed by atoms with E-state index in [-0.39, 0.29) is 6.61 Å². The Kier molecular flexibility index (Phi) is 5.04. The monoisotopic (exact) mass is 368 g/mol. The number of hydrogen-bond donors (Lipinski definition) is 2. The number of benzene rings is 1. The minimum atomic E-state index is 0.170. The predicted molar refractivity (Wildman–Crippen MR) is 108 cm³/mol. The second-order valence-corrected chi connectivity index (χ2v) is 7.83. The summed E-state index contributed by atoms with van der Waals surface area (Å²) in [5.41, 5.74) is 8.82. The van der Waals surface area contributed by atoms with Crippen molar-refractivity contribution in [3.05, 3.63) is 46.6 Å². The third-order valence-corrected chi connectivity index (χ3v) is 6.11. The van der Waals surface area contributed by atoms with Gasteiger partial charge in [0.05, 0.1) is 11.9 Å². The van der Waals surface area contributed by atoms with Crippen molar-refractivity contribution in [1.29, 1.82) is 0 Å². The highest BCUT2D eigenvalue weighted by molar-refractivity contribution is 7.19. The summed E-state index contributed by atoms with van der Waals surface area (Å²) in [6.45, 7) is 1.51. The summed E-state index contributed by atoms with van der Waals surface area (Å²) in [6.07, 6.45) is 5.42. The number of rotatable bonds is 6. The molecule has 0 saturated heterocycles. The average Bonchev–Trinajstić information content (AvgIpc) is 3.04. The lowest BCUT2D eigenvalue weighted by Gasteiger charge is -2.24. The summed E-state index contributed by atoms with van der Waals surface area (Å²) in [4.78, 5) is 14.1. The fraction of sp³-hybridized carbons (Fsp3) is 0.400. The summed E-state index contributed by atoms with van der Waals surface area (Å²) in [5.74, 6) is 1.36. The Morgan fingerprint density at radius 1 is 1.12 bits per heavy atom. The maximum Gasteiger partial charge on any atom is 0.151 e. The lowest BCUT2D eigenvalue weighted by molar-refractivity contribution is 0.289. The Labute approximate surface area is 157 Å². The van der Waals surface area contributed by atoms with Crippen LogP contribution in [0.25, 0.3) is 10.2 Å². The molecule has 0 fully saturated rings. The molecule has 26 heavy (non-hydrogen) atoms. The molecule has 3 aromatic rings. The molecule has 0 unspecified atom stereocenters. The normalized spacial score (nSPS) is 13.7. The van der Waals surface area contributed by atoms with Gasteiger partial charge in [-0.05, 0) is 49.8 Å². The van der Waals surface area contributed by atoms with E-state index in [4.69, 9.17) is 10.7 Å². The van der Waals surface area contributed by atoms with E-state index in [0.29, 0.717) is 18.8 Å². The number of aromatic nitrogens is 2. The molecule has 5 nitrogen and oxygen atoms in total. The van der Waals surface area contributed by atoms with Crippen molar-refractivity contribution in [2.45, 2.75) is 38.6 Å². The number of aliphatic hydroxyl groups excluding tert-OH is 1. The van der Waals surface area contributed by atoms with Crippen molar-refractivity contribution in [3.8, 4) is 0 Å². The third kappa shape index (κ3) is 3.39. The lowest BCUT2D eigenvalue weighted by Crippen LogP contribution is -2.25. The zero-order valence-corrected chi connectivity index (χ0v) is 15.6. The van der Waals surface area contributed by atoms with Gasteiger partial charge in [-0.1, -0.05) is 18.2 Å². The van der Waals surface area contributed by atoms with Crippen LogP contribution in [0.3, 0.4) is 0 Å². The number of anilines is 2. The molecule has 0 spiro atoms. The summed E-state index contributed by atoms with van der Waals surface area (Å²) < 4.78 is 0. The fourth-order valence-electron chi connectivity index (χ4n) is 3.67. The van der Waals surface area contributed by atoms with Gasteiger partial charge in [-0.3, -0.25) is 0 Å². The Morgan fingerprint density at radius 3 is 2.73 bits per heavy atom. The summed E-state index contributed by atoms with van der Waals surface area (Å²) in [7, 11) is 0. The van der Waals surface area contributed by atoms with Crippen molar-refractivity contribution >= 4 is 33.1 Å². The Morgan fingerprint density at radius 2 is 1.92 bits per heavy atom. The van der Waals surface area contributed by atoms with Gasteiger partial charge in [-0.25, -0.2) is 9.97 Å². The highest BCUT2D eigenvalue weighted by Gasteiger charge is 2.20. The molecule has 136 valence electrons. The van der Waals surface area contributed by atoms with Crippen LogP contribution in [-0.2, 0) is 19.4 Å². The molecule has 0 bridgehead atoms. The van der Waals surface area contributed by atoms with Crippen molar-refractivity contribution in [2.24, 2.45) is 0 Å². The molecule has 3 N–H and O–H groups in total. The molecular formula is C20H24N4OS. The predicted octanol–water partition coefficient (Wildman–Crippen LogP) is 3.54. The van der Waals surface area contributed by atoms with Crippen LogP contribution in [-0.4, -0.2) is 28.2 Å². The van der Waals surface area contributed by atoms with E-state index in [9.17, 15) is 5.11 Å². The average molecular weight is 369 g/mol. The van der Waals surface area contributed by atoms with Crippen molar-refractivity contribution in [1.82, 2.24) is 9.97 Å². The van der Waals surface area contributed by atoms with Gasteiger partial charge in [0, 0.05) is 23.7 Å². The number of para-hydroxylation sites is 1. The summed E-state index contributed by atoms with van der Waals surface area (Å²) >= 11 is 1.78. The van der Waals surface area contributed by atoms with Crippen LogP contribution in [0, 0.1) is 0 Å². The molecule has 6 heteroatoms. The van der Waals surface area contributed by atoms with Gasteiger partial charge < -0.3 is 15.7 Å². The number of aliphatic hydroxyl groups is 1. The first kappa shape index (κ1) is 17.2. The van der Waals surface area contributed by atoms with Gasteiger partial charge in [0.1, 0.15) is 10.6 Å². The van der Waals surface area contributed by atoms with Gasteiger partial charge in [-0.2, -0.15) is 0 Å². The zero-order valence-electron chi connectivity index (χ0n) is 14.8. The number of hydrogen-bond acceptors (Lipinski definition) is 6. The summed E-state index contributed by atoms with van der Waals surface area (Å²) in [6, 6.07) is 10.2. The van der Waals surface area contributed by atoms with E-state index in [2.05, 4.69) is 22.0 Å². The van der Waals surface area contributed by atoms with Crippen molar-refractivity contribution < 1.29 is 5.11 Å². The SMILES string of the molecule is Nc1nc(CN(CCCO)c2ccccc2)nc2sc3c(c12)CCCC3. The molecule has 2 aromatic heterocycles. The highest BCUT2D eigenvalue weighted by atomic mass is 32.1. The van der Waals surface area contributed by atoms with E-state index in [1.165, 1.54) is 23.3 Å². The van der Waals surface area contributed by atoms with Gasteiger partial charge in [0.25, 0.3) is 0 Å². The molecule has 0 radical (unpaired) electrons. The Bertz CT molecular complexity index is 894. The molecule has 1 aromatic carbocycles. The molecule has 0 saturated carbocycles. The van der Waals surface area contributed by atoms with Crippen LogP contribution in [0.15, 0.2) is 30.3 Å². The van der Waals surface area contributed by atoms with Crippen LogP contribution in [0.4, 0.5) is 11.5 Å². The van der Waals surface area contributed by atoms with Gasteiger partial charge in [-0.15, -0.1) is 11.3 Å². The number of aryl methyl sites for hydroxylation is 2. The largest absolute Gasteiger partial charge is 0.396 e. The highest BCUT2D eigenvalue weighted by Crippen LogP contribution is 2.37. The first-order chi connectivity index (χ1) is 12.8. The van der Waals surface area contributed by atoms with E-state index in [0.717, 1.165) is 41.1 Å². The zero-order chi connectivity index (χ0) is 17.9. The van der Waals surface area contributed by atoms with Crippen LogP contribution >= 0.6 is 11.3 Å². The maximum absolute atomic E-state index is 9.23. The summed E-state index contributed by atoms with van der Waals surface area (Å²) in [5, 5.41) is 10.3. The van der Waals surface area contributed by atoms with Crippen LogP contribution in [0.2, 0.25) is 0 Å². The van der Waals surface area contributed by atoms with Crippen LogP contribution in [0.5, 0.6) is 0 Å². The van der Waals surface area contributed by atoms with Crippen LogP contribution < -0.4 is 10.6 Å². The quantitative estimate of drug-likeness (QED) is 0.696. The first-order valence-electron chi connectivity index (χ1n) is 9.23. The topological polar surface area (TPSA) is 75.3 Å². The van der Waals surface area contributed by atoms with Gasteiger partial charge in [0.15, 0.2) is 5.82 Å². The molecule has 2 heterocycles. The molecule has 1 aliphatic rings. The Hall–Kier alpha value is -2.18. The van der Waals surface area contributed by atoms with Crippen LogP contribution in [0.1, 0.15) is 35.5 Å². The number of nitrogens with zero attached hydrogens (tertiary/aromatic N) is 3. The minimum absolute atomic E-state index is 0.170. The molecule has 1 aliphatic carbocycles. The van der Waals surface area contributed by atoms with Gasteiger partial charge >= 0.3 is 0 Å². The third-order valence-electron chi connectivity index (χ3n) is 4.93. The second kappa shape index (κ2) is 7.60. The van der Waals surface area contributed by atoms with E-state index >= 15 is 0 Å². The molecular weight excluding hydrogens is 344 g/mol. The fourth-order valence-corrected chi connectivity index (χ4v) is 4.96. The number of nitrogen functional groups attached to an aromatic ring is 1. The number of thiophene rings is 1. The van der Waals surface area contributed by atoms with Crippen molar-refractivity contribution in [3.63, 3.8) is 0 Å². The molecule has 0 atom stereocenters. The number of nitrogens with two attached hydrogens (primary N) is 1. The van der Waals surface area contributed by atoms with E-state index in [1.54, 1.807) is 11.3 Å². The molecule has 4 rings (SSSR count). The number of fused-ring (bicyclic) bond motifs is 3. The molecule has 0 aliphatic heterocycles. The van der Waals surface area contributed by atoms with E-state index in [1.807, 2.05) is 18.2 Å². The Balaban J connectivity index is 1.66. The first-order valence-corrected chi connectivity index (χ1v) is 10.1. The maximum atomic E-state index is 9.23. The van der Waals surface area contributed by atoms with Gasteiger partial charge in [0.2, 0.25) is 0 Å². The smallest absolute Gasteiger partial charge is 0.151 e. The molecule has 0 amide bonds.